The molecule has 1 aliphatic rings. The Balaban J connectivity index is 1.66. The van der Waals surface area contributed by atoms with E-state index in [0.29, 0.717) is 23.1 Å². The maximum Gasteiger partial charge on any atom is 0.242 e. The zero-order valence-corrected chi connectivity index (χ0v) is 20.6. The normalized spacial score (nSPS) is 15.2. The van der Waals surface area contributed by atoms with Gasteiger partial charge in [0.25, 0.3) is 0 Å². The number of thioether (sulfide) groups is 1. The summed E-state index contributed by atoms with van der Waals surface area (Å²) in [5, 5.41) is 3.90. The number of nitrogens with zero attached hydrogens (tertiary/aromatic N) is 1. The summed E-state index contributed by atoms with van der Waals surface area (Å²) in [4.78, 5) is 28.0. The maximum atomic E-state index is 13.2. The second-order valence-electron chi connectivity index (χ2n) is 8.61. The number of hydrogen-bond acceptors (Lipinski definition) is 3. The van der Waals surface area contributed by atoms with Crippen molar-refractivity contribution < 1.29 is 9.59 Å². The largest absolute Gasteiger partial charge is 0.352 e. The molecule has 0 saturated heterocycles. The molecule has 1 atom stereocenters. The Morgan fingerprint density at radius 2 is 1.88 bits per heavy atom. The van der Waals surface area contributed by atoms with E-state index < -0.39 is 6.04 Å². The number of carbonyl (C=O) groups is 2. The third-order valence-electron chi connectivity index (χ3n) is 6.00. The van der Waals surface area contributed by atoms with Crippen LogP contribution in [0, 0.1) is 6.92 Å². The molecule has 4 nitrogen and oxygen atoms in total. The highest BCUT2D eigenvalue weighted by Crippen LogP contribution is 2.22. The number of aryl methyl sites for hydroxylation is 1. The van der Waals surface area contributed by atoms with Crippen molar-refractivity contribution >= 4 is 35.2 Å². The highest BCUT2D eigenvalue weighted by molar-refractivity contribution is 7.99. The molecule has 0 unspecified atom stereocenters. The summed E-state index contributed by atoms with van der Waals surface area (Å²) in [6.07, 6.45) is 5.60. The highest BCUT2D eigenvalue weighted by Gasteiger charge is 2.28. The first-order valence-corrected chi connectivity index (χ1v) is 12.9. The number of amides is 2. The number of carbonyl (C=O) groups excluding carboxylic acids is 2. The standard InChI is InChI=1S/C26H33ClN2O2S/c1-19-9-8-10-21(15-19)16-29(20(2)26(31)28-23-12-4-3-5-13-23)25(30)18-32-17-22-11-6-7-14-24(22)27/h6-11,14-15,20,23H,3-5,12-13,16-18H2,1-2H3,(H,28,31)/t20-/m1/s1. The van der Waals surface area contributed by atoms with Gasteiger partial charge in [0, 0.05) is 23.4 Å². The topological polar surface area (TPSA) is 49.4 Å². The van der Waals surface area contributed by atoms with Crippen molar-refractivity contribution in [2.45, 2.75) is 70.3 Å². The molecule has 2 amide bonds. The maximum absolute atomic E-state index is 13.2. The van der Waals surface area contributed by atoms with E-state index in [1.165, 1.54) is 18.2 Å². The fourth-order valence-corrected chi connectivity index (χ4v) is 5.30. The number of hydrogen-bond donors (Lipinski definition) is 1. The predicted molar refractivity (Wildman–Crippen MR) is 134 cm³/mol. The molecular weight excluding hydrogens is 440 g/mol. The average Bonchev–Trinajstić information content (AvgIpc) is 2.79. The molecule has 1 aliphatic carbocycles. The molecule has 1 fully saturated rings. The molecule has 2 aromatic rings. The van der Waals surface area contributed by atoms with Crippen LogP contribution in [-0.2, 0) is 21.9 Å². The summed E-state index contributed by atoms with van der Waals surface area (Å²) >= 11 is 7.78. The Labute approximate surface area is 201 Å². The minimum atomic E-state index is -0.522. The van der Waals surface area contributed by atoms with E-state index in [4.69, 9.17) is 11.6 Å². The van der Waals surface area contributed by atoms with E-state index in [-0.39, 0.29) is 17.9 Å². The highest BCUT2D eigenvalue weighted by atomic mass is 35.5. The number of benzene rings is 2. The van der Waals surface area contributed by atoms with E-state index in [0.717, 1.165) is 42.4 Å². The Morgan fingerprint density at radius 3 is 2.59 bits per heavy atom. The zero-order valence-electron chi connectivity index (χ0n) is 19.0. The monoisotopic (exact) mass is 472 g/mol. The Hall–Kier alpha value is -1.98. The molecule has 1 N–H and O–H groups in total. The minimum Gasteiger partial charge on any atom is -0.352 e. The van der Waals surface area contributed by atoms with Gasteiger partial charge in [0.05, 0.1) is 5.75 Å². The summed E-state index contributed by atoms with van der Waals surface area (Å²) in [6.45, 7) is 4.30. The number of halogens is 1. The van der Waals surface area contributed by atoms with Crippen LogP contribution < -0.4 is 5.32 Å². The van der Waals surface area contributed by atoms with Gasteiger partial charge < -0.3 is 10.2 Å². The summed E-state index contributed by atoms with van der Waals surface area (Å²) in [6, 6.07) is 15.5. The van der Waals surface area contributed by atoms with E-state index in [2.05, 4.69) is 11.4 Å². The zero-order chi connectivity index (χ0) is 22.9. The lowest BCUT2D eigenvalue weighted by Crippen LogP contribution is -2.50. The Morgan fingerprint density at radius 1 is 1.12 bits per heavy atom. The van der Waals surface area contributed by atoms with Crippen LogP contribution in [0.2, 0.25) is 5.02 Å². The smallest absolute Gasteiger partial charge is 0.242 e. The first-order valence-electron chi connectivity index (χ1n) is 11.4. The van der Waals surface area contributed by atoms with Crippen molar-refractivity contribution in [1.29, 1.82) is 0 Å². The fourth-order valence-electron chi connectivity index (χ4n) is 4.11. The van der Waals surface area contributed by atoms with Gasteiger partial charge in [0.1, 0.15) is 6.04 Å². The van der Waals surface area contributed by atoms with Crippen molar-refractivity contribution in [2.75, 3.05) is 5.75 Å². The van der Waals surface area contributed by atoms with Crippen molar-refractivity contribution in [1.82, 2.24) is 10.2 Å². The van der Waals surface area contributed by atoms with Gasteiger partial charge in [-0.3, -0.25) is 9.59 Å². The summed E-state index contributed by atoms with van der Waals surface area (Å²) in [5.74, 6) is 0.869. The molecule has 0 aliphatic heterocycles. The van der Waals surface area contributed by atoms with E-state index in [9.17, 15) is 9.59 Å². The molecule has 0 radical (unpaired) electrons. The third kappa shape index (κ3) is 7.28. The molecule has 0 spiro atoms. The van der Waals surface area contributed by atoms with Gasteiger partial charge in [-0.15, -0.1) is 11.8 Å². The van der Waals surface area contributed by atoms with Gasteiger partial charge in [0.15, 0.2) is 0 Å². The van der Waals surface area contributed by atoms with E-state index in [1.54, 1.807) is 4.90 Å². The van der Waals surface area contributed by atoms with Crippen LogP contribution in [0.25, 0.3) is 0 Å². The van der Waals surface area contributed by atoms with Gasteiger partial charge in [-0.1, -0.05) is 78.9 Å². The molecule has 6 heteroatoms. The molecule has 0 bridgehead atoms. The van der Waals surface area contributed by atoms with Gasteiger partial charge in [0.2, 0.25) is 11.8 Å². The molecule has 2 aromatic carbocycles. The van der Waals surface area contributed by atoms with Crippen LogP contribution in [0.4, 0.5) is 0 Å². The SMILES string of the molecule is Cc1cccc(CN(C(=O)CSCc2ccccc2Cl)[C@H](C)C(=O)NC2CCCCC2)c1. The second kappa shape index (κ2) is 12.3. The van der Waals surface area contributed by atoms with Gasteiger partial charge in [-0.2, -0.15) is 0 Å². The molecule has 1 saturated carbocycles. The molecule has 172 valence electrons. The first kappa shape index (κ1) is 24.7. The van der Waals surface area contributed by atoms with Crippen LogP contribution in [-0.4, -0.2) is 34.6 Å². The lowest BCUT2D eigenvalue weighted by Gasteiger charge is -2.31. The molecule has 0 heterocycles. The average molecular weight is 473 g/mol. The number of nitrogens with one attached hydrogen (secondary N) is 1. The first-order chi connectivity index (χ1) is 15.4. The second-order valence-corrected chi connectivity index (χ2v) is 10.0. The fraction of sp³-hybridized carbons (Fsp3) is 0.462. The minimum absolute atomic E-state index is 0.0325. The molecule has 32 heavy (non-hydrogen) atoms. The van der Waals surface area contributed by atoms with Crippen LogP contribution in [0.5, 0.6) is 0 Å². The van der Waals surface area contributed by atoms with Gasteiger partial charge in [-0.05, 0) is 43.9 Å². The third-order valence-corrected chi connectivity index (χ3v) is 7.33. The van der Waals surface area contributed by atoms with Crippen molar-refractivity contribution in [3.05, 3.63) is 70.2 Å². The van der Waals surface area contributed by atoms with Crippen LogP contribution >= 0.6 is 23.4 Å². The van der Waals surface area contributed by atoms with Crippen molar-refractivity contribution in [3.8, 4) is 0 Å². The van der Waals surface area contributed by atoms with Crippen LogP contribution in [0.3, 0.4) is 0 Å². The Bertz CT molecular complexity index is 914. The lowest BCUT2D eigenvalue weighted by molar-refractivity contribution is -0.139. The summed E-state index contributed by atoms with van der Waals surface area (Å²) < 4.78 is 0. The predicted octanol–water partition coefficient (Wildman–Crippen LogP) is 5.75. The molecular formula is C26H33ClN2O2S. The van der Waals surface area contributed by atoms with Crippen molar-refractivity contribution in [3.63, 3.8) is 0 Å². The Kier molecular flexibility index (Phi) is 9.49. The van der Waals surface area contributed by atoms with Gasteiger partial charge >= 0.3 is 0 Å². The summed E-state index contributed by atoms with van der Waals surface area (Å²) in [5.41, 5.74) is 3.19. The van der Waals surface area contributed by atoms with Crippen molar-refractivity contribution in [2.24, 2.45) is 0 Å². The lowest BCUT2D eigenvalue weighted by atomic mass is 9.95. The van der Waals surface area contributed by atoms with Gasteiger partial charge in [-0.25, -0.2) is 0 Å². The number of rotatable bonds is 9. The molecule has 3 rings (SSSR count). The van der Waals surface area contributed by atoms with Crippen LogP contribution in [0.1, 0.15) is 55.7 Å². The molecule has 0 aromatic heterocycles. The summed E-state index contributed by atoms with van der Waals surface area (Å²) in [7, 11) is 0. The quantitative estimate of drug-likeness (QED) is 0.505. The van der Waals surface area contributed by atoms with Crippen LogP contribution in [0.15, 0.2) is 48.5 Å². The van der Waals surface area contributed by atoms with E-state index in [1.807, 2.05) is 56.3 Å². The van der Waals surface area contributed by atoms with E-state index >= 15 is 0 Å².